The van der Waals surface area contributed by atoms with Gasteiger partial charge in [0, 0.05) is 31.5 Å². The van der Waals surface area contributed by atoms with Crippen LogP contribution in [0.3, 0.4) is 0 Å². The number of benzene rings is 1. The number of carbonyl (C=O) groups is 2. The molecule has 130 valence electrons. The number of carbonyl (C=O) groups excluding carboxylic acids is 2. The molecule has 0 saturated heterocycles. The Morgan fingerprint density at radius 1 is 1.12 bits per heavy atom. The Morgan fingerprint density at radius 3 is 2.42 bits per heavy atom. The molecule has 2 aliphatic rings. The summed E-state index contributed by atoms with van der Waals surface area (Å²) < 4.78 is 12.0. The lowest BCUT2D eigenvalue weighted by Gasteiger charge is -2.21. The molecule has 1 fully saturated rings. The third-order valence-electron chi connectivity index (χ3n) is 4.48. The third kappa shape index (κ3) is 3.32. The third-order valence-corrected chi connectivity index (χ3v) is 4.48. The topological polar surface area (TPSA) is 76.7 Å². The number of anilines is 1. The van der Waals surface area contributed by atoms with Crippen LogP contribution in [0, 0.1) is 5.92 Å². The minimum Gasteiger partial charge on any atom is -0.448 e. The van der Waals surface area contributed by atoms with E-state index in [2.05, 4.69) is 10.6 Å². The van der Waals surface area contributed by atoms with E-state index in [0.29, 0.717) is 11.4 Å². The summed E-state index contributed by atoms with van der Waals surface area (Å²) >= 11 is 0. The summed E-state index contributed by atoms with van der Waals surface area (Å²) in [7, 11) is 0. The van der Waals surface area contributed by atoms with Gasteiger partial charge in [0.1, 0.15) is 6.04 Å². The molecule has 0 unspecified atom stereocenters. The zero-order valence-electron chi connectivity index (χ0n) is 14.3. The Kier molecular flexibility index (Phi) is 4.39. The van der Waals surface area contributed by atoms with Gasteiger partial charge in [-0.3, -0.25) is 9.59 Å². The fourth-order valence-corrected chi connectivity index (χ4v) is 3.26. The lowest BCUT2D eigenvalue weighted by atomic mass is 10.0. The van der Waals surface area contributed by atoms with Gasteiger partial charge in [-0.2, -0.15) is 0 Å². The van der Waals surface area contributed by atoms with Gasteiger partial charge in [-0.1, -0.05) is 13.8 Å². The molecule has 3 rings (SSSR count). The Morgan fingerprint density at radius 2 is 1.79 bits per heavy atom. The van der Waals surface area contributed by atoms with E-state index in [0.717, 1.165) is 31.4 Å². The van der Waals surface area contributed by atoms with Crippen LogP contribution in [0.2, 0.25) is 0 Å². The molecule has 6 heteroatoms. The molecule has 1 atom stereocenters. The van der Waals surface area contributed by atoms with Crippen LogP contribution in [0.1, 0.15) is 46.5 Å². The van der Waals surface area contributed by atoms with Crippen molar-refractivity contribution in [1.82, 2.24) is 5.32 Å². The van der Waals surface area contributed by atoms with Gasteiger partial charge in [-0.05, 0) is 30.9 Å². The molecule has 1 spiro atoms. The SMILES string of the molecule is CC(=O)N[C@H](C(=O)Nc1ccc2c(c1)OC1(CCCC1)O2)C(C)C. The van der Waals surface area contributed by atoms with Crippen molar-refractivity contribution < 1.29 is 19.1 Å². The van der Waals surface area contributed by atoms with Crippen LogP contribution in [0.4, 0.5) is 5.69 Å². The monoisotopic (exact) mass is 332 g/mol. The fourth-order valence-electron chi connectivity index (χ4n) is 3.26. The lowest BCUT2D eigenvalue weighted by Crippen LogP contribution is -2.46. The summed E-state index contributed by atoms with van der Waals surface area (Å²) in [5, 5.41) is 5.53. The lowest BCUT2D eigenvalue weighted by molar-refractivity contribution is -0.126. The molecule has 1 aromatic rings. The first-order valence-corrected chi connectivity index (χ1v) is 8.49. The van der Waals surface area contributed by atoms with Gasteiger partial charge in [0.25, 0.3) is 5.79 Å². The van der Waals surface area contributed by atoms with Crippen molar-refractivity contribution in [3.63, 3.8) is 0 Å². The van der Waals surface area contributed by atoms with Crippen LogP contribution in [0.5, 0.6) is 11.5 Å². The summed E-state index contributed by atoms with van der Waals surface area (Å²) in [5.74, 6) is 0.395. The normalized spacial score (nSPS) is 18.7. The highest BCUT2D eigenvalue weighted by Gasteiger charge is 2.44. The molecule has 1 heterocycles. The van der Waals surface area contributed by atoms with Crippen molar-refractivity contribution >= 4 is 17.5 Å². The van der Waals surface area contributed by atoms with Gasteiger partial charge in [-0.25, -0.2) is 0 Å². The van der Waals surface area contributed by atoms with E-state index in [1.54, 1.807) is 12.1 Å². The maximum atomic E-state index is 12.4. The van der Waals surface area contributed by atoms with Gasteiger partial charge in [0.15, 0.2) is 11.5 Å². The average Bonchev–Trinajstić information content (AvgIpc) is 3.10. The van der Waals surface area contributed by atoms with E-state index < -0.39 is 11.8 Å². The molecule has 2 amide bonds. The van der Waals surface area contributed by atoms with E-state index in [1.807, 2.05) is 19.9 Å². The smallest absolute Gasteiger partial charge is 0.251 e. The van der Waals surface area contributed by atoms with Crippen molar-refractivity contribution in [2.75, 3.05) is 5.32 Å². The molecule has 1 saturated carbocycles. The highest BCUT2D eigenvalue weighted by molar-refractivity contribution is 5.97. The average molecular weight is 332 g/mol. The van der Waals surface area contributed by atoms with Gasteiger partial charge in [-0.15, -0.1) is 0 Å². The molecule has 1 aliphatic carbocycles. The van der Waals surface area contributed by atoms with Crippen molar-refractivity contribution in [2.45, 2.75) is 58.3 Å². The zero-order valence-corrected chi connectivity index (χ0v) is 14.3. The number of rotatable bonds is 4. The Bertz CT molecular complexity index is 650. The molecular weight excluding hydrogens is 308 g/mol. The summed E-state index contributed by atoms with van der Waals surface area (Å²) in [5.41, 5.74) is 0.633. The Hall–Kier alpha value is -2.24. The first kappa shape index (κ1) is 16.6. The summed E-state index contributed by atoms with van der Waals surface area (Å²) in [6, 6.07) is 4.82. The second-order valence-electron chi connectivity index (χ2n) is 6.89. The first-order valence-electron chi connectivity index (χ1n) is 8.49. The predicted molar refractivity (Wildman–Crippen MR) is 90.0 cm³/mol. The summed E-state index contributed by atoms with van der Waals surface area (Å²) in [6.07, 6.45) is 3.98. The molecule has 2 N–H and O–H groups in total. The molecular formula is C18H24N2O4. The number of nitrogens with one attached hydrogen (secondary N) is 2. The van der Waals surface area contributed by atoms with Gasteiger partial charge < -0.3 is 20.1 Å². The number of ether oxygens (including phenoxy) is 2. The Labute approximate surface area is 141 Å². The van der Waals surface area contributed by atoms with E-state index in [4.69, 9.17) is 9.47 Å². The second kappa shape index (κ2) is 6.34. The molecule has 24 heavy (non-hydrogen) atoms. The quantitative estimate of drug-likeness (QED) is 0.889. The van der Waals surface area contributed by atoms with Crippen LogP contribution in [0.25, 0.3) is 0 Å². The fraction of sp³-hybridized carbons (Fsp3) is 0.556. The van der Waals surface area contributed by atoms with Crippen molar-refractivity contribution in [3.8, 4) is 11.5 Å². The molecule has 0 bridgehead atoms. The van der Waals surface area contributed by atoms with E-state index in [1.165, 1.54) is 6.92 Å². The molecule has 6 nitrogen and oxygen atoms in total. The van der Waals surface area contributed by atoms with E-state index in [-0.39, 0.29) is 17.7 Å². The molecule has 0 aromatic heterocycles. The summed E-state index contributed by atoms with van der Waals surface area (Å²) in [4.78, 5) is 23.7. The van der Waals surface area contributed by atoms with Crippen LogP contribution < -0.4 is 20.1 Å². The van der Waals surface area contributed by atoms with Crippen molar-refractivity contribution in [3.05, 3.63) is 18.2 Å². The van der Waals surface area contributed by atoms with Crippen LogP contribution in [0.15, 0.2) is 18.2 Å². The van der Waals surface area contributed by atoms with E-state index in [9.17, 15) is 9.59 Å². The molecule has 0 radical (unpaired) electrons. The maximum Gasteiger partial charge on any atom is 0.251 e. The first-order chi connectivity index (χ1) is 11.4. The summed E-state index contributed by atoms with van der Waals surface area (Å²) in [6.45, 7) is 5.19. The highest BCUT2D eigenvalue weighted by Crippen LogP contribution is 2.47. The second-order valence-corrected chi connectivity index (χ2v) is 6.89. The minimum absolute atomic E-state index is 0.00957. The number of hydrogen-bond acceptors (Lipinski definition) is 4. The number of hydrogen-bond donors (Lipinski definition) is 2. The standard InChI is InChI=1S/C18H24N2O4/c1-11(2)16(19-12(3)21)17(22)20-13-6-7-14-15(10-13)24-18(23-14)8-4-5-9-18/h6-7,10-11,16H,4-5,8-9H2,1-3H3,(H,19,21)(H,20,22)/t16-/m0/s1. The minimum atomic E-state index is -0.575. The molecule has 1 aliphatic heterocycles. The Balaban J connectivity index is 1.71. The highest BCUT2D eigenvalue weighted by atomic mass is 16.7. The van der Waals surface area contributed by atoms with Crippen LogP contribution in [-0.4, -0.2) is 23.6 Å². The van der Waals surface area contributed by atoms with Crippen LogP contribution in [-0.2, 0) is 9.59 Å². The maximum absolute atomic E-state index is 12.4. The van der Waals surface area contributed by atoms with Gasteiger partial charge in [0.05, 0.1) is 0 Å². The number of fused-ring (bicyclic) bond motifs is 1. The van der Waals surface area contributed by atoms with Crippen molar-refractivity contribution in [2.24, 2.45) is 5.92 Å². The van der Waals surface area contributed by atoms with E-state index >= 15 is 0 Å². The van der Waals surface area contributed by atoms with Gasteiger partial charge in [0.2, 0.25) is 11.8 Å². The van der Waals surface area contributed by atoms with Gasteiger partial charge >= 0.3 is 0 Å². The predicted octanol–water partition coefficient (Wildman–Crippen LogP) is 2.83. The largest absolute Gasteiger partial charge is 0.448 e. The zero-order chi connectivity index (χ0) is 17.3. The number of amides is 2. The molecule has 1 aromatic carbocycles. The van der Waals surface area contributed by atoms with Crippen LogP contribution >= 0.6 is 0 Å². The van der Waals surface area contributed by atoms with Crippen molar-refractivity contribution in [1.29, 1.82) is 0 Å².